The zero-order valence-corrected chi connectivity index (χ0v) is 12.7. The molecule has 0 spiro atoms. The predicted molar refractivity (Wildman–Crippen MR) is 85.5 cm³/mol. The third kappa shape index (κ3) is 2.85. The third-order valence-electron chi connectivity index (χ3n) is 3.38. The van der Waals surface area contributed by atoms with Crippen molar-refractivity contribution in [3.63, 3.8) is 0 Å². The third-order valence-corrected chi connectivity index (χ3v) is 3.63. The minimum Gasteiger partial charge on any atom is -0.239 e. The van der Waals surface area contributed by atoms with Crippen LogP contribution in [-0.4, -0.2) is 15.0 Å². The summed E-state index contributed by atoms with van der Waals surface area (Å²) in [5, 5.41) is 18.1. The molecule has 0 saturated carbocycles. The van der Waals surface area contributed by atoms with Gasteiger partial charge in [-0.1, -0.05) is 52.7 Å². The molecule has 0 fully saturated rings. The van der Waals surface area contributed by atoms with Crippen LogP contribution < -0.4 is 0 Å². The summed E-state index contributed by atoms with van der Waals surface area (Å²) >= 11 is 5.91. The van der Waals surface area contributed by atoms with Crippen molar-refractivity contribution in [1.82, 2.24) is 15.0 Å². The molecule has 3 aromatic rings. The van der Waals surface area contributed by atoms with Crippen LogP contribution in [0.15, 0.2) is 48.5 Å². The highest BCUT2D eigenvalue weighted by molar-refractivity contribution is 6.30. The normalized spacial score (nSPS) is 10.4. The van der Waals surface area contributed by atoms with E-state index in [9.17, 15) is 5.26 Å². The number of aromatic nitrogens is 3. The monoisotopic (exact) mass is 308 g/mol. The summed E-state index contributed by atoms with van der Waals surface area (Å²) in [6.07, 6.45) is 0. The number of hydrogen-bond acceptors (Lipinski definition) is 3. The van der Waals surface area contributed by atoms with Gasteiger partial charge >= 0.3 is 0 Å². The van der Waals surface area contributed by atoms with Gasteiger partial charge in [-0.2, -0.15) is 5.26 Å². The summed E-state index contributed by atoms with van der Waals surface area (Å²) in [5.74, 6) is 0. The standard InChI is InChI=1S/C17H13ClN4/c1-12-3-2-4-14(9-12)17-16(10-19)20-21-22(17)11-13-5-7-15(18)8-6-13/h2-9H,11H2,1H3. The van der Waals surface area contributed by atoms with E-state index >= 15 is 0 Å². The molecular weight excluding hydrogens is 296 g/mol. The minimum atomic E-state index is 0.333. The van der Waals surface area contributed by atoms with Crippen molar-refractivity contribution in [2.45, 2.75) is 13.5 Å². The van der Waals surface area contributed by atoms with Crippen LogP contribution in [0.4, 0.5) is 0 Å². The summed E-state index contributed by atoms with van der Waals surface area (Å²) in [6.45, 7) is 2.55. The maximum atomic E-state index is 9.28. The number of halogens is 1. The van der Waals surface area contributed by atoms with Crippen LogP contribution in [0.5, 0.6) is 0 Å². The van der Waals surface area contributed by atoms with Crippen molar-refractivity contribution in [3.05, 3.63) is 70.4 Å². The molecular formula is C17H13ClN4. The van der Waals surface area contributed by atoms with Crippen molar-refractivity contribution >= 4 is 11.6 Å². The molecule has 0 aliphatic heterocycles. The first-order chi connectivity index (χ1) is 10.7. The molecule has 0 radical (unpaired) electrons. The van der Waals surface area contributed by atoms with Crippen LogP contribution in [0.3, 0.4) is 0 Å². The van der Waals surface area contributed by atoms with Crippen molar-refractivity contribution in [2.24, 2.45) is 0 Å². The fraction of sp³-hybridized carbons (Fsp3) is 0.118. The van der Waals surface area contributed by atoms with Gasteiger partial charge in [-0.25, -0.2) is 4.68 Å². The lowest BCUT2D eigenvalue weighted by molar-refractivity contribution is 0.655. The second kappa shape index (κ2) is 6.00. The number of rotatable bonds is 3. The van der Waals surface area contributed by atoms with E-state index in [0.29, 0.717) is 17.3 Å². The Morgan fingerprint density at radius 2 is 1.95 bits per heavy atom. The Morgan fingerprint density at radius 1 is 1.18 bits per heavy atom. The topological polar surface area (TPSA) is 54.5 Å². The molecule has 4 nitrogen and oxygen atoms in total. The molecule has 1 heterocycles. The van der Waals surface area contributed by atoms with Crippen LogP contribution >= 0.6 is 11.6 Å². The van der Waals surface area contributed by atoms with Crippen LogP contribution in [-0.2, 0) is 6.54 Å². The fourth-order valence-corrected chi connectivity index (χ4v) is 2.47. The van der Waals surface area contributed by atoms with E-state index in [1.54, 1.807) is 4.68 Å². The molecule has 0 amide bonds. The van der Waals surface area contributed by atoms with E-state index in [-0.39, 0.29) is 0 Å². The van der Waals surface area contributed by atoms with Crippen LogP contribution in [0, 0.1) is 18.3 Å². The number of aryl methyl sites for hydroxylation is 1. The zero-order valence-electron chi connectivity index (χ0n) is 12.0. The van der Waals surface area contributed by atoms with Crippen molar-refractivity contribution in [3.8, 4) is 17.3 Å². The lowest BCUT2D eigenvalue weighted by Crippen LogP contribution is -2.04. The second-order valence-corrected chi connectivity index (χ2v) is 5.49. The zero-order chi connectivity index (χ0) is 15.5. The first-order valence-corrected chi connectivity index (χ1v) is 7.20. The first kappa shape index (κ1) is 14.3. The molecule has 5 heteroatoms. The maximum Gasteiger partial charge on any atom is 0.190 e. The highest BCUT2D eigenvalue weighted by atomic mass is 35.5. The lowest BCUT2D eigenvalue weighted by atomic mass is 10.1. The van der Waals surface area contributed by atoms with E-state index in [4.69, 9.17) is 11.6 Å². The van der Waals surface area contributed by atoms with Crippen LogP contribution in [0.1, 0.15) is 16.8 Å². The molecule has 0 saturated heterocycles. The molecule has 3 rings (SSSR count). The summed E-state index contributed by atoms with van der Waals surface area (Å²) in [7, 11) is 0. The molecule has 0 bridgehead atoms. The molecule has 0 aliphatic carbocycles. The molecule has 22 heavy (non-hydrogen) atoms. The quantitative estimate of drug-likeness (QED) is 0.739. The number of hydrogen-bond donors (Lipinski definition) is 0. The fourth-order valence-electron chi connectivity index (χ4n) is 2.34. The molecule has 108 valence electrons. The summed E-state index contributed by atoms with van der Waals surface area (Å²) in [4.78, 5) is 0. The molecule has 0 unspecified atom stereocenters. The highest BCUT2D eigenvalue weighted by Gasteiger charge is 2.15. The lowest BCUT2D eigenvalue weighted by Gasteiger charge is -2.08. The molecule has 1 aromatic heterocycles. The Hall–Kier alpha value is -2.64. The maximum absolute atomic E-state index is 9.28. The molecule has 0 N–H and O–H groups in total. The van der Waals surface area contributed by atoms with Gasteiger partial charge in [-0.05, 0) is 30.7 Å². The first-order valence-electron chi connectivity index (χ1n) is 6.82. The van der Waals surface area contributed by atoms with E-state index in [1.165, 1.54) is 0 Å². The van der Waals surface area contributed by atoms with Gasteiger partial charge in [0, 0.05) is 10.6 Å². The Balaban J connectivity index is 2.04. The number of nitrogens with zero attached hydrogens (tertiary/aromatic N) is 4. The average molecular weight is 309 g/mol. The van der Waals surface area contributed by atoms with Crippen molar-refractivity contribution in [1.29, 1.82) is 5.26 Å². The average Bonchev–Trinajstić information content (AvgIpc) is 2.92. The summed E-state index contributed by atoms with van der Waals surface area (Å²) in [5.41, 5.74) is 4.18. The number of nitriles is 1. The predicted octanol–water partition coefficient (Wildman–Crippen LogP) is 3.83. The molecule has 0 aliphatic rings. The summed E-state index contributed by atoms with van der Waals surface area (Å²) in [6, 6.07) is 17.6. The van der Waals surface area contributed by atoms with Crippen LogP contribution in [0.2, 0.25) is 5.02 Å². The van der Waals surface area contributed by atoms with E-state index in [2.05, 4.69) is 16.4 Å². The van der Waals surface area contributed by atoms with Gasteiger partial charge < -0.3 is 0 Å². The minimum absolute atomic E-state index is 0.333. The molecule has 2 aromatic carbocycles. The SMILES string of the molecule is Cc1cccc(-c2c(C#N)nnn2Cc2ccc(Cl)cc2)c1. The van der Waals surface area contributed by atoms with Gasteiger partial charge in [0.05, 0.1) is 6.54 Å². The molecule has 0 atom stereocenters. The van der Waals surface area contributed by atoms with Gasteiger partial charge in [0.15, 0.2) is 5.69 Å². The smallest absolute Gasteiger partial charge is 0.190 e. The summed E-state index contributed by atoms with van der Waals surface area (Å²) < 4.78 is 1.75. The highest BCUT2D eigenvalue weighted by Crippen LogP contribution is 2.23. The van der Waals surface area contributed by atoms with Crippen molar-refractivity contribution < 1.29 is 0 Å². The van der Waals surface area contributed by atoms with Gasteiger partial charge in [-0.3, -0.25) is 0 Å². The van der Waals surface area contributed by atoms with E-state index in [0.717, 1.165) is 22.4 Å². The second-order valence-electron chi connectivity index (χ2n) is 5.05. The van der Waals surface area contributed by atoms with Gasteiger partial charge in [0.2, 0.25) is 0 Å². The van der Waals surface area contributed by atoms with E-state index in [1.807, 2.05) is 55.5 Å². The number of benzene rings is 2. The van der Waals surface area contributed by atoms with Gasteiger partial charge in [-0.15, -0.1) is 5.10 Å². The van der Waals surface area contributed by atoms with Crippen molar-refractivity contribution in [2.75, 3.05) is 0 Å². The Morgan fingerprint density at radius 3 is 2.64 bits per heavy atom. The van der Waals surface area contributed by atoms with Crippen LogP contribution in [0.25, 0.3) is 11.3 Å². The van der Waals surface area contributed by atoms with Gasteiger partial charge in [0.1, 0.15) is 11.8 Å². The van der Waals surface area contributed by atoms with E-state index < -0.39 is 0 Å². The Kier molecular flexibility index (Phi) is 3.90. The Bertz CT molecular complexity index is 844. The Labute approximate surface area is 133 Å². The largest absolute Gasteiger partial charge is 0.239 e. The van der Waals surface area contributed by atoms with Gasteiger partial charge in [0.25, 0.3) is 0 Å².